The smallest absolute Gasteiger partial charge is 0.248 e. The number of ketones is 1. The predicted octanol–water partition coefficient (Wildman–Crippen LogP) is 5.29. The highest BCUT2D eigenvalue weighted by atomic mass is 79.9. The van der Waals surface area contributed by atoms with E-state index >= 15 is 0 Å². The Morgan fingerprint density at radius 3 is 2.50 bits per heavy atom. The first-order valence-electron chi connectivity index (χ1n) is 16.9. The minimum Gasteiger partial charge on any atom is -0.322 e. The van der Waals surface area contributed by atoms with E-state index in [0.717, 1.165) is 19.6 Å². The van der Waals surface area contributed by atoms with Crippen LogP contribution in [0.4, 0.5) is 10.2 Å². The lowest BCUT2D eigenvalue weighted by atomic mass is 9.77. The average Bonchev–Trinajstić information content (AvgIpc) is 3.80. The number of nitrogens with one attached hydrogen (secondary N) is 1. The monoisotopic (exact) mass is 743 g/mol. The minimum absolute atomic E-state index is 0.0169. The number of anilines is 1. The summed E-state index contributed by atoms with van der Waals surface area (Å²) >= 11 is 3.11. The molecule has 4 aromatic heterocycles. The summed E-state index contributed by atoms with van der Waals surface area (Å²) in [6, 6.07) is 1.78. The molecule has 260 valence electrons. The van der Waals surface area contributed by atoms with Crippen molar-refractivity contribution in [2.24, 2.45) is 11.3 Å². The van der Waals surface area contributed by atoms with Crippen molar-refractivity contribution in [2.45, 2.75) is 71.5 Å². The summed E-state index contributed by atoms with van der Waals surface area (Å²) < 4.78 is 15.6. The molecular weight excluding hydrogens is 705 g/mol. The fraction of sp³-hybridized carbons (Fsp3) is 0.444. The first-order chi connectivity index (χ1) is 23.9. The molecule has 50 heavy (non-hydrogen) atoms. The molecule has 12 nitrogen and oxygen atoms in total. The number of aromatic nitrogens is 6. The van der Waals surface area contributed by atoms with Gasteiger partial charge >= 0.3 is 0 Å². The third kappa shape index (κ3) is 6.34. The van der Waals surface area contributed by atoms with Gasteiger partial charge < -0.3 is 15.1 Å². The van der Waals surface area contributed by atoms with Crippen LogP contribution in [0.25, 0.3) is 22.2 Å². The third-order valence-electron chi connectivity index (χ3n) is 10.5. The maximum Gasteiger partial charge on any atom is 0.248 e. The van der Waals surface area contributed by atoms with Gasteiger partial charge in [-0.3, -0.25) is 24.0 Å². The number of hydrogen-bond acceptors (Lipinski definition) is 9. The lowest BCUT2D eigenvalue weighted by Crippen LogP contribution is -2.56. The highest BCUT2D eigenvalue weighted by Crippen LogP contribution is 2.46. The number of nitrogens with zero attached hydrogens (tertiary/aromatic N) is 8. The molecule has 6 heterocycles. The third-order valence-corrected chi connectivity index (χ3v) is 11.0. The van der Waals surface area contributed by atoms with E-state index in [1.54, 1.807) is 49.5 Å². The fourth-order valence-corrected chi connectivity index (χ4v) is 8.36. The standard InChI is InChI=1S/C36H39BrFN9O3/c1-5-28-23(16-45-18-36(19-45)8-6-7-9-36)11-29(35(50)43-34-20(2)10-26(38)33(37)42-34)47(28)31(49)17-46-30-15-41-27(24-13-39-22(4)40-14-24)12-25(30)32(44-46)21(3)48/h5,10,12-15,23,28-29H,1,6-9,11,16-19H2,2-4H3,(H,42,43,50)/t23-,28-,29+/m1/s1. The maximum absolute atomic E-state index is 14.4. The van der Waals surface area contributed by atoms with Crippen molar-refractivity contribution in [2.75, 3.05) is 25.0 Å². The number of aryl methyl sites for hydroxylation is 2. The maximum atomic E-state index is 14.4. The van der Waals surface area contributed by atoms with Gasteiger partial charge in [0.25, 0.3) is 0 Å². The van der Waals surface area contributed by atoms with Crippen LogP contribution in [0.2, 0.25) is 0 Å². The number of likely N-dealkylation sites (tertiary alicyclic amines) is 2. The molecule has 3 aliphatic rings. The SMILES string of the molecule is C=C[C@@H]1[C@@H](CN2CC3(CCCC3)C2)C[C@@H](C(=O)Nc2nc(Br)c(F)cc2C)N1C(=O)Cn1nc(C(C)=O)c2cc(-c3cnc(C)nc3)ncc21. The van der Waals surface area contributed by atoms with Crippen LogP contribution in [0.5, 0.6) is 0 Å². The van der Waals surface area contributed by atoms with Gasteiger partial charge in [-0.1, -0.05) is 18.9 Å². The van der Waals surface area contributed by atoms with Crippen LogP contribution < -0.4 is 5.32 Å². The number of fused-ring (bicyclic) bond motifs is 1. The van der Waals surface area contributed by atoms with E-state index in [1.165, 1.54) is 43.4 Å². The molecule has 1 N–H and O–H groups in total. The molecule has 1 spiro atoms. The first-order valence-corrected chi connectivity index (χ1v) is 17.7. The molecule has 1 aliphatic carbocycles. The minimum atomic E-state index is -0.845. The van der Waals surface area contributed by atoms with Gasteiger partial charge in [-0.2, -0.15) is 5.10 Å². The Kier molecular flexibility index (Phi) is 9.10. The molecule has 2 amide bonds. The highest BCUT2D eigenvalue weighted by Gasteiger charge is 2.50. The summed E-state index contributed by atoms with van der Waals surface area (Å²) in [6.07, 6.45) is 12.1. The summed E-state index contributed by atoms with van der Waals surface area (Å²) in [6.45, 7) is 11.5. The van der Waals surface area contributed by atoms with Crippen LogP contribution in [-0.4, -0.2) is 88.8 Å². The average molecular weight is 745 g/mol. The zero-order chi connectivity index (χ0) is 35.3. The number of rotatable bonds is 9. The lowest BCUT2D eigenvalue weighted by molar-refractivity contribution is -0.138. The topological polar surface area (TPSA) is 139 Å². The Morgan fingerprint density at radius 2 is 1.82 bits per heavy atom. The summed E-state index contributed by atoms with van der Waals surface area (Å²) in [5.41, 5.74) is 2.83. The molecule has 3 fully saturated rings. The Balaban J connectivity index is 1.19. The van der Waals surface area contributed by atoms with Crippen LogP contribution in [0, 0.1) is 31.0 Å². The number of carbonyl (C=O) groups excluding carboxylic acids is 3. The van der Waals surface area contributed by atoms with Crippen LogP contribution >= 0.6 is 15.9 Å². The molecule has 4 aromatic rings. The van der Waals surface area contributed by atoms with Gasteiger partial charge in [0.1, 0.15) is 34.5 Å². The molecule has 0 bridgehead atoms. The molecule has 2 aliphatic heterocycles. The number of carbonyl (C=O) groups is 3. The quantitative estimate of drug-likeness (QED) is 0.138. The fourth-order valence-electron chi connectivity index (χ4n) is 8.07. The Morgan fingerprint density at radius 1 is 1.10 bits per heavy atom. The van der Waals surface area contributed by atoms with E-state index < -0.39 is 23.8 Å². The van der Waals surface area contributed by atoms with Gasteiger partial charge in [0.2, 0.25) is 11.8 Å². The van der Waals surface area contributed by atoms with E-state index in [-0.39, 0.29) is 40.3 Å². The molecule has 0 aromatic carbocycles. The molecule has 3 atom stereocenters. The molecule has 0 unspecified atom stereocenters. The van der Waals surface area contributed by atoms with Crippen molar-refractivity contribution in [3.05, 3.63) is 70.9 Å². The van der Waals surface area contributed by atoms with Gasteiger partial charge in [0.05, 0.1) is 23.4 Å². The Labute approximate surface area is 297 Å². The zero-order valence-corrected chi connectivity index (χ0v) is 29.9. The van der Waals surface area contributed by atoms with Crippen LogP contribution in [0.15, 0.2) is 48.0 Å². The van der Waals surface area contributed by atoms with Crippen molar-refractivity contribution >= 4 is 50.2 Å². The van der Waals surface area contributed by atoms with Crippen molar-refractivity contribution in [3.63, 3.8) is 0 Å². The molecule has 0 radical (unpaired) electrons. The number of halogens is 2. The number of Topliss-reactive ketones (excluding diaryl/α,β-unsaturated/α-hetero) is 1. The second-order valence-electron chi connectivity index (χ2n) is 14.0. The molecule has 7 rings (SSSR count). The highest BCUT2D eigenvalue weighted by molar-refractivity contribution is 9.10. The van der Waals surface area contributed by atoms with E-state index in [4.69, 9.17) is 0 Å². The van der Waals surface area contributed by atoms with Gasteiger partial charge in [0, 0.05) is 49.9 Å². The second kappa shape index (κ2) is 13.4. The normalized spacial score (nSPS) is 21.5. The van der Waals surface area contributed by atoms with E-state index in [1.807, 2.05) is 0 Å². The van der Waals surface area contributed by atoms with Crippen molar-refractivity contribution in [3.8, 4) is 11.3 Å². The van der Waals surface area contributed by atoms with Crippen LogP contribution in [0.3, 0.4) is 0 Å². The van der Waals surface area contributed by atoms with Crippen molar-refractivity contribution in [1.82, 2.24) is 39.5 Å². The lowest BCUT2D eigenvalue weighted by Gasteiger charge is -2.49. The van der Waals surface area contributed by atoms with Crippen LogP contribution in [0.1, 0.15) is 60.9 Å². The summed E-state index contributed by atoms with van der Waals surface area (Å²) in [7, 11) is 0. The Bertz CT molecular complexity index is 2000. The van der Waals surface area contributed by atoms with Crippen LogP contribution in [-0.2, 0) is 16.1 Å². The number of amides is 2. The van der Waals surface area contributed by atoms with Crippen molar-refractivity contribution in [1.29, 1.82) is 0 Å². The van der Waals surface area contributed by atoms with E-state index in [2.05, 4.69) is 57.8 Å². The summed E-state index contributed by atoms with van der Waals surface area (Å²) in [5, 5.41) is 7.96. The van der Waals surface area contributed by atoms with Crippen molar-refractivity contribution < 1.29 is 18.8 Å². The first kappa shape index (κ1) is 34.0. The summed E-state index contributed by atoms with van der Waals surface area (Å²) in [4.78, 5) is 62.5. The molecule has 14 heteroatoms. The Hall–Kier alpha value is -4.43. The van der Waals surface area contributed by atoms with Gasteiger partial charge in [0.15, 0.2) is 11.6 Å². The second-order valence-corrected chi connectivity index (χ2v) is 14.8. The van der Waals surface area contributed by atoms with E-state index in [0.29, 0.717) is 45.4 Å². The number of pyridine rings is 2. The van der Waals surface area contributed by atoms with Gasteiger partial charge in [-0.25, -0.2) is 19.3 Å². The zero-order valence-electron chi connectivity index (χ0n) is 28.3. The predicted molar refractivity (Wildman–Crippen MR) is 189 cm³/mol. The van der Waals surface area contributed by atoms with E-state index in [9.17, 15) is 18.8 Å². The largest absolute Gasteiger partial charge is 0.322 e. The summed E-state index contributed by atoms with van der Waals surface area (Å²) in [5.74, 6) is -0.770. The molecular formula is C36H39BrFN9O3. The molecule has 2 saturated heterocycles. The van der Waals surface area contributed by atoms with Gasteiger partial charge in [-0.05, 0) is 78.1 Å². The number of hydrogen-bond donors (Lipinski definition) is 1. The van der Waals surface area contributed by atoms with Gasteiger partial charge in [-0.15, -0.1) is 6.58 Å². The molecule has 1 saturated carbocycles.